The Kier molecular flexibility index (Phi) is 6.29. The van der Waals surface area contributed by atoms with Crippen LogP contribution in [0.25, 0.3) is 44.2 Å². The highest BCUT2D eigenvalue weighted by atomic mass is 16.2. The van der Waals surface area contributed by atoms with Gasteiger partial charge in [0, 0.05) is 69.7 Å². The highest BCUT2D eigenvalue weighted by Crippen LogP contribution is 2.39. The molecule has 3 aromatic heterocycles. The fraction of sp³-hybridized carbons (Fsp3) is 0.184. The van der Waals surface area contributed by atoms with Gasteiger partial charge in [-0.25, -0.2) is 0 Å². The van der Waals surface area contributed by atoms with E-state index in [1.165, 1.54) is 11.1 Å². The zero-order valence-electron chi connectivity index (χ0n) is 24.6. The number of aromatic nitrogens is 3. The summed E-state index contributed by atoms with van der Waals surface area (Å²) in [5, 5.41) is 4.56. The Morgan fingerprint density at radius 2 is 1.25 bits per heavy atom. The molecule has 2 aliphatic rings. The van der Waals surface area contributed by atoms with Gasteiger partial charge in [0.05, 0.1) is 16.8 Å². The topological polar surface area (TPSA) is 68.9 Å². The van der Waals surface area contributed by atoms with Gasteiger partial charge in [-0.15, -0.1) is 0 Å². The summed E-state index contributed by atoms with van der Waals surface area (Å²) >= 11 is 0. The van der Waals surface area contributed by atoms with Crippen LogP contribution in [0.4, 0.5) is 0 Å². The van der Waals surface area contributed by atoms with Gasteiger partial charge in [0.1, 0.15) is 0 Å². The number of rotatable bonds is 1. The third kappa shape index (κ3) is 4.45. The van der Waals surface area contributed by atoms with Crippen molar-refractivity contribution in [1.29, 1.82) is 0 Å². The van der Waals surface area contributed by atoms with E-state index in [2.05, 4.69) is 82.3 Å². The Bertz CT molecular complexity index is 2020. The van der Waals surface area contributed by atoms with E-state index in [1.54, 1.807) is 0 Å². The molecule has 2 aliphatic heterocycles. The second-order valence-corrected chi connectivity index (χ2v) is 12.0. The highest BCUT2D eigenvalue weighted by Gasteiger charge is 2.35. The molecule has 44 heavy (non-hydrogen) atoms. The van der Waals surface area contributed by atoms with Gasteiger partial charge in [-0.05, 0) is 62.4 Å². The fourth-order valence-electron chi connectivity index (χ4n) is 6.91. The first-order valence-corrected chi connectivity index (χ1v) is 15.4. The van der Waals surface area contributed by atoms with Gasteiger partial charge in [-0.2, -0.15) is 0 Å². The first kappa shape index (κ1) is 26.4. The molecule has 8 rings (SSSR count). The summed E-state index contributed by atoms with van der Waals surface area (Å²) in [4.78, 5) is 32.0. The molecule has 0 radical (unpaired) electrons. The van der Waals surface area contributed by atoms with Crippen molar-refractivity contribution in [2.75, 3.05) is 0 Å². The molecule has 0 aliphatic carbocycles. The molecule has 0 saturated heterocycles. The van der Waals surface area contributed by atoms with Crippen LogP contribution in [-0.2, 0) is 35.5 Å². The summed E-state index contributed by atoms with van der Waals surface area (Å²) in [5.74, 6) is -0.681. The van der Waals surface area contributed by atoms with Crippen molar-refractivity contribution in [3.05, 3.63) is 125 Å². The van der Waals surface area contributed by atoms with E-state index in [1.807, 2.05) is 36.4 Å². The number of pyridine rings is 1. The molecule has 3 aromatic carbocycles. The quantitative estimate of drug-likeness (QED) is 0.212. The van der Waals surface area contributed by atoms with Crippen LogP contribution in [0.5, 0.6) is 0 Å². The molecule has 0 fully saturated rings. The number of fused-ring (bicyclic) bond motifs is 14. The maximum Gasteiger partial charge on any atom is 0.259 e. The number of hydrogen-bond acceptors (Lipinski definition) is 3. The van der Waals surface area contributed by atoms with Crippen molar-refractivity contribution in [1.82, 2.24) is 19.4 Å². The van der Waals surface area contributed by atoms with E-state index in [0.717, 1.165) is 88.7 Å². The maximum atomic E-state index is 13.5. The summed E-state index contributed by atoms with van der Waals surface area (Å²) in [6, 6.07) is 29.4. The van der Waals surface area contributed by atoms with Gasteiger partial charge >= 0.3 is 0 Å². The largest absolute Gasteiger partial charge is 0.347 e. The van der Waals surface area contributed by atoms with E-state index in [4.69, 9.17) is 4.98 Å². The minimum Gasteiger partial charge on any atom is -0.347 e. The van der Waals surface area contributed by atoms with Gasteiger partial charge in [0.25, 0.3) is 11.8 Å². The summed E-state index contributed by atoms with van der Waals surface area (Å²) < 4.78 is 4.45. The predicted molar refractivity (Wildman–Crippen MR) is 175 cm³/mol. The van der Waals surface area contributed by atoms with Crippen molar-refractivity contribution >= 4 is 44.8 Å². The molecule has 0 saturated carbocycles. The van der Waals surface area contributed by atoms with Crippen molar-refractivity contribution in [3.8, 4) is 11.3 Å². The Morgan fingerprint density at radius 3 is 1.86 bits per heavy atom. The lowest BCUT2D eigenvalue weighted by Gasteiger charge is -2.11. The van der Waals surface area contributed by atoms with Gasteiger partial charge < -0.3 is 9.13 Å². The van der Waals surface area contributed by atoms with Crippen LogP contribution in [0.2, 0.25) is 0 Å². The number of hydrogen-bond donors (Lipinski definition) is 1. The SMILES string of the molecule is Cc1ccc(-c2cc3cc(n2)CCCn2cc(c4ccccc42)C2=C(C(=O)NC2=O)c2cn(c4ccccc24)CCC3)cc1. The Balaban J connectivity index is 1.31. The number of amides is 2. The maximum absolute atomic E-state index is 13.5. The van der Waals surface area contributed by atoms with Crippen LogP contribution in [0.1, 0.15) is 40.8 Å². The third-order valence-corrected chi connectivity index (χ3v) is 9.03. The zero-order valence-corrected chi connectivity index (χ0v) is 24.6. The third-order valence-electron chi connectivity index (χ3n) is 9.03. The van der Waals surface area contributed by atoms with Gasteiger partial charge in [-0.3, -0.25) is 19.9 Å². The zero-order chi connectivity index (χ0) is 29.8. The standard InChI is InChI=1S/C38H32N4O2/c1-24-14-16-26(17-15-24)32-21-25-8-6-18-41-22-30(28-10-2-4-12-33(28)41)35-36(38(44)40-37(35)43)31-23-42(19-7-9-27(20-25)39-32)34-13-5-3-11-29(31)34/h2-5,10-17,20-23H,6-9,18-19H2,1H3,(H,40,43,44). The molecular weight excluding hydrogens is 544 g/mol. The van der Waals surface area contributed by atoms with Crippen LogP contribution in [0, 0.1) is 6.92 Å². The lowest BCUT2D eigenvalue weighted by Crippen LogP contribution is -2.22. The number of carbonyl (C=O) groups excluding carboxylic acids is 2. The molecule has 0 atom stereocenters. The molecule has 6 nitrogen and oxygen atoms in total. The lowest BCUT2D eigenvalue weighted by atomic mass is 9.95. The van der Waals surface area contributed by atoms with E-state index >= 15 is 0 Å². The Labute approximate surface area is 255 Å². The molecule has 5 heterocycles. The van der Waals surface area contributed by atoms with Crippen molar-refractivity contribution in [2.24, 2.45) is 0 Å². The molecule has 1 N–H and O–H groups in total. The summed E-state index contributed by atoms with van der Waals surface area (Å²) in [7, 11) is 0. The monoisotopic (exact) mass is 576 g/mol. The van der Waals surface area contributed by atoms with Crippen molar-refractivity contribution < 1.29 is 9.59 Å². The molecular formula is C38H32N4O2. The van der Waals surface area contributed by atoms with E-state index in [9.17, 15) is 9.59 Å². The molecule has 0 unspecified atom stereocenters. The Morgan fingerprint density at radius 1 is 0.682 bits per heavy atom. The molecule has 6 bridgehead atoms. The number of carbonyl (C=O) groups is 2. The average molecular weight is 577 g/mol. The molecule has 6 heteroatoms. The Hall–Kier alpha value is -5.23. The number of aryl methyl sites for hydroxylation is 5. The van der Waals surface area contributed by atoms with Crippen LogP contribution in [-0.4, -0.2) is 25.9 Å². The molecule has 6 aromatic rings. The molecule has 0 spiro atoms. The van der Waals surface area contributed by atoms with Crippen LogP contribution in [0.15, 0.2) is 97.3 Å². The lowest BCUT2D eigenvalue weighted by molar-refractivity contribution is -0.122. The number of para-hydroxylation sites is 2. The second-order valence-electron chi connectivity index (χ2n) is 12.0. The second kappa shape index (κ2) is 10.5. The van der Waals surface area contributed by atoms with Gasteiger partial charge in [-0.1, -0.05) is 66.2 Å². The van der Waals surface area contributed by atoms with Crippen LogP contribution in [0.3, 0.4) is 0 Å². The number of imide groups is 1. The van der Waals surface area contributed by atoms with Gasteiger partial charge in [0.15, 0.2) is 0 Å². The summed E-state index contributed by atoms with van der Waals surface area (Å²) in [6.07, 6.45) is 7.69. The minimum absolute atomic E-state index is 0.339. The van der Waals surface area contributed by atoms with E-state index in [0.29, 0.717) is 11.1 Å². The molecule has 216 valence electrons. The van der Waals surface area contributed by atoms with Crippen LogP contribution < -0.4 is 5.32 Å². The highest BCUT2D eigenvalue weighted by molar-refractivity contribution is 6.50. The average Bonchev–Trinajstić information content (AvgIpc) is 3.67. The smallest absolute Gasteiger partial charge is 0.259 e. The number of nitrogens with one attached hydrogen (secondary N) is 1. The minimum atomic E-state index is -0.341. The first-order chi connectivity index (χ1) is 21.5. The van der Waals surface area contributed by atoms with Crippen molar-refractivity contribution in [2.45, 2.75) is 45.7 Å². The molecule has 2 amide bonds. The van der Waals surface area contributed by atoms with E-state index in [-0.39, 0.29) is 11.8 Å². The predicted octanol–water partition coefficient (Wildman–Crippen LogP) is 7.11. The first-order valence-electron chi connectivity index (χ1n) is 15.4. The van der Waals surface area contributed by atoms with E-state index < -0.39 is 0 Å². The number of benzene rings is 3. The fourth-order valence-corrected chi connectivity index (χ4v) is 6.91. The van der Waals surface area contributed by atoms with Crippen LogP contribution >= 0.6 is 0 Å². The van der Waals surface area contributed by atoms with Crippen molar-refractivity contribution in [3.63, 3.8) is 0 Å². The number of nitrogens with zero attached hydrogens (tertiary/aromatic N) is 3. The summed E-state index contributed by atoms with van der Waals surface area (Å²) in [6.45, 7) is 3.66. The normalized spacial score (nSPS) is 15.5. The summed E-state index contributed by atoms with van der Waals surface area (Å²) in [5.41, 5.74) is 10.4. The van der Waals surface area contributed by atoms with Gasteiger partial charge in [0.2, 0.25) is 0 Å².